The number of hydrazone groups is 4. The molecule has 61 heavy (non-hydrogen) atoms. The van der Waals surface area contributed by atoms with Crippen LogP contribution in [0.2, 0.25) is 0 Å². The van der Waals surface area contributed by atoms with Gasteiger partial charge in [-0.1, -0.05) is 14.3 Å². The van der Waals surface area contributed by atoms with Crippen molar-refractivity contribution in [2.75, 3.05) is 68.5 Å². The summed E-state index contributed by atoms with van der Waals surface area (Å²) < 4.78 is 53.4. The molecule has 0 aromatic heterocycles. The fourth-order valence-electron chi connectivity index (χ4n) is 5.07. The Balaban J connectivity index is 1.20. The fraction of sp³-hybridized carbons (Fsp3) is 0.282. The first-order valence-electron chi connectivity index (χ1n) is 18.4. The monoisotopic (exact) mass is 977 g/mol. The Labute approximate surface area is 377 Å². The summed E-state index contributed by atoms with van der Waals surface area (Å²) in [7, 11) is -0.809. The lowest BCUT2D eigenvalue weighted by Crippen LogP contribution is -2.25. The molecule has 0 amide bonds. The molecule has 0 bridgehead atoms. The van der Waals surface area contributed by atoms with E-state index in [0.29, 0.717) is 23.8 Å². The van der Waals surface area contributed by atoms with Crippen LogP contribution in [0.25, 0.3) is 0 Å². The van der Waals surface area contributed by atoms with Gasteiger partial charge in [-0.3, -0.25) is 18.6 Å². The van der Waals surface area contributed by atoms with E-state index in [0.717, 1.165) is 28.0 Å². The Morgan fingerprint density at radius 1 is 0.508 bits per heavy atom. The first-order valence-corrected chi connectivity index (χ1v) is 30.4. The number of nitrogens with zero attached hydrogens (tertiary/aromatic N) is 8. The molecule has 322 valence electrons. The third-order valence-corrected chi connectivity index (χ3v) is 20.6. The van der Waals surface area contributed by atoms with Gasteiger partial charge in [0.2, 0.25) is 35.4 Å². The van der Waals surface area contributed by atoms with Crippen molar-refractivity contribution >= 4 is 95.8 Å². The van der Waals surface area contributed by atoms with Gasteiger partial charge in [0, 0.05) is 7.05 Å². The van der Waals surface area contributed by atoms with Crippen LogP contribution in [0.1, 0.15) is 22.3 Å². The highest BCUT2D eigenvalue weighted by Crippen LogP contribution is 2.61. The first-order chi connectivity index (χ1) is 28.8. The average molecular weight is 978 g/mol. The second-order valence-corrected chi connectivity index (χ2v) is 28.0. The summed E-state index contributed by atoms with van der Waals surface area (Å²) in [5.74, 6) is 2.61. The van der Waals surface area contributed by atoms with Crippen molar-refractivity contribution in [2.24, 2.45) is 20.4 Å². The van der Waals surface area contributed by atoms with E-state index in [-0.39, 0.29) is 0 Å². The lowest BCUT2D eigenvalue weighted by Gasteiger charge is -2.28. The molecule has 0 saturated heterocycles. The Bertz CT molecular complexity index is 2320. The number of hydrogen-bond acceptors (Lipinski definition) is 14. The van der Waals surface area contributed by atoms with Gasteiger partial charge in [0.05, 0.1) is 79.3 Å². The van der Waals surface area contributed by atoms with E-state index in [1.54, 1.807) is 106 Å². The highest BCUT2D eigenvalue weighted by atomic mass is 32.4. The normalized spacial score (nSPS) is 12.9. The number of methoxy groups -OCH3 is 1. The van der Waals surface area contributed by atoms with E-state index in [2.05, 4.69) is 20.4 Å². The molecule has 0 aliphatic carbocycles. The molecule has 4 aromatic carbocycles. The largest absolute Gasteiger partial charge is 0.540 e. The number of benzene rings is 4. The van der Waals surface area contributed by atoms with E-state index in [1.807, 2.05) is 97.1 Å². The SMILES string of the molecule is COc1ccc(/C=N/N(C)[P+](=S)Oc2ccc(/C=N/N(C)[P+](=S)Oc3ccc(/C=N/N(C)[P+](=S)Oc4ccc(/C=N/N(C)CC(P(C)(C)=O)P(C)(C)=O)cc4)cc3)cc2)cc1. The van der Waals surface area contributed by atoms with Crippen LogP contribution in [0.15, 0.2) is 117 Å². The highest BCUT2D eigenvalue weighted by molar-refractivity contribution is 8.02. The van der Waals surface area contributed by atoms with Gasteiger partial charge in [0.25, 0.3) is 0 Å². The molecule has 3 atom stereocenters. The Hall–Kier alpha value is -4.02. The van der Waals surface area contributed by atoms with Gasteiger partial charge in [-0.25, -0.2) is 0 Å². The third-order valence-electron chi connectivity index (χ3n) is 8.40. The molecule has 14 nitrogen and oxygen atoms in total. The second kappa shape index (κ2) is 23.4. The van der Waals surface area contributed by atoms with Crippen LogP contribution in [0.5, 0.6) is 23.0 Å². The molecular weight excluding hydrogens is 928 g/mol. The average Bonchev–Trinajstić information content (AvgIpc) is 3.22. The Kier molecular flexibility index (Phi) is 19.1. The van der Waals surface area contributed by atoms with E-state index >= 15 is 0 Å². The molecule has 0 aliphatic rings. The molecular formula is C39H50N8O6P5S3+3. The highest BCUT2D eigenvalue weighted by Gasteiger charge is 2.34. The minimum absolute atomic E-state index is 0.345. The van der Waals surface area contributed by atoms with E-state index in [1.165, 1.54) is 0 Å². The molecule has 0 spiro atoms. The lowest BCUT2D eigenvalue weighted by molar-refractivity contribution is 0.367. The minimum Gasteiger partial charge on any atom is -0.497 e. The minimum atomic E-state index is -2.57. The number of rotatable bonds is 22. The van der Waals surface area contributed by atoms with Crippen LogP contribution in [0, 0.1) is 0 Å². The molecule has 0 heterocycles. The van der Waals surface area contributed by atoms with Gasteiger partial charge in [-0.2, -0.15) is 5.10 Å². The maximum absolute atomic E-state index is 12.7. The molecule has 0 radical (unpaired) electrons. The molecule has 4 aromatic rings. The van der Waals surface area contributed by atoms with Crippen molar-refractivity contribution in [1.82, 2.24) is 19.3 Å². The summed E-state index contributed by atoms with van der Waals surface area (Å²) in [5, 5.41) is 19.1. The van der Waals surface area contributed by atoms with Crippen molar-refractivity contribution in [3.8, 4) is 23.0 Å². The quantitative estimate of drug-likeness (QED) is 0.0421. The molecule has 4 rings (SSSR count). The summed E-state index contributed by atoms with van der Waals surface area (Å²) in [4.78, 5) is 0. The lowest BCUT2D eigenvalue weighted by atomic mass is 10.2. The van der Waals surface area contributed by atoms with Gasteiger partial charge in [0.15, 0.2) is 17.2 Å². The Morgan fingerprint density at radius 3 is 1.03 bits per heavy atom. The smallest absolute Gasteiger partial charge is 0.497 e. The third kappa shape index (κ3) is 17.0. The maximum Gasteiger partial charge on any atom is 0.540 e. The van der Waals surface area contributed by atoms with Crippen LogP contribution >= 0.6 is 35.5 Å². The van der Waals surface area contributed by atoms with Crippen LogP contribution in [-0.4, -0.2) is 118 Å². The van der Waals surface area contributed by atoms with E-state index in [4.69, 9.17) is 53.7 Å². The van der Waals surface area contributed by atoms with Crippen molar-refractivity contribution in [1.29, 1.82) is 0 Å². The summed E-state index contributed by atoms with van der Waals surface area (Å²) in [5.41, 5.74) is 3.45. The molecule has 0 saturated carbocycles. The van der Waals surface area contributed by atoms with Crippen molar-refractivity contribution in [3.63, 3.8) is 0 Å². The summed E-state index contributed by atoms with van der Waals surface area (Å²) in [6.45, 7) is 7.06. The van der Waals surface area contributed by atoms with Crippen LogP contribution in [-0.2, 0) is 44.6 Å². The molecule has 0 fully saturated rings. The zero-order valence-electron chi connectivity index (χ0n) is 35.3. The fourth-order valence-corrected chi connectivity index (χ4v) is 14.5. The maximum atomic E-state index is 12.7. The predicted molar refractivity (Wildman–Crippen MR) is 266 cm³/mol. The molecule has 3 unspecified atom stereocenters. The molecule has 22 heteroatoms. The summed E-state index contributed by atoms with van der Waals surface area (Å²) in [6.07, 6.45) is 6.81. The van der Waals surface area contributed by atoms with Gasteiger partial charge in [-0.15, -0.1) is 15.3 Å². The predicted octanol–water partition coefficient (Wildman–Crippen LogP) is 9.89. The van der Waals surface area contributed by atoms with Crippen molar-refractivity contribution in [3.05, 3.63) is 119 Å². The molecule has 0 N–H and O–H groups in total. The van der Waals surface area contributed by atoms with Gasteiger partial charge in [-0.05, 0) is 146 Å². The zero-order valence-corrected chi connectivity index (χ0v) is 42.2. The van der Waals surface area contributed by atoms with E-state index in [9.17, 15) is 9.13 Å². The van der Waals surface area contributed by atoms with Crippen molar-refractivity contribution < 1.29 is 27.4 Å². The topological polar surface area (TPSA) is 133 Å². The zero-order chi connectivity index (χ0) is 44.7. The van der Waals surface area contributed by atoms with Crippen molar-refractivity contribution in [2.45, 2.75) is 5.40 Å². The standard InChI is InChI=1S/C39H50N8O6P5S3/c1-44(30-39(57(6,7)48)58(8,9)49)40-26-31-12-20-36(21-13-31)51-55(60)46(3)42-28-33-16-24-38(25-17-33)53-56(61)47(4)43-29-34-14-22-37(23-15-34)52-54(59)45(2)41-27-32-10-18-35(50-5)19-11-32/h10-29,39H,30H2,1-9H3/q+3/b40-26+,41-27+,42-28+,43-29+. The summed E-state index contributed by atoms with van der Waals surface area (Å²) in [6, 6.07) is 29.7. The number of hydrogen-bond donors (Lipinski definition) is 0. The number of ether oxygens (including phenoxy) is 1. The summed E-state index contributed by atoms with van der Waals surface area (Å²) >= 11 is 16.7. The van der Waals surface area contributed by atoms with Crippen LogP contribution in [0.4, 0.5) is 0 Å². The first kappa shape index (κ1) is 49.6. The van der Waals surface area contributed by atoms with Crippen LogP contribution in [0.3, 0.4) is 0 Å². The van der Waals surface area contributed by atoms with Gasteiger partial charge in [0.1, 0.15) is 5.75 Å². The molecule has 0 aliphatic heterocycles. The van der Waals surface area contributed by atoms with Gasteiger partial charge < -0.3 is 13.9 Å². The second-order valence-electron chi connectivity index (χ2n) is 14.1. The van der Waals surface area contributed by atoms with Gasteiger partial charge >= 0.3 is 21.2 Å². The Morgan fingerprint density at radius 2 is 0.770 bits per heavy atom. The van der Waals surface area contributed by atoms with E-state index < -0.39 is 40.9 Å². The van der Waals surface area contributed by atoms with Crippen LogP contribution < -0.4 is 18.3 Å².